The quantitative estimate of drug-likeness (QED) is 0.383. The molecule has 0 spiro atoms. The van der Waals surface area contributed by atoms with Gasteiger partial charge < -0.3 is 25.8 Å². The summed E-state index contributed by atoms with van der Waals surface area (Å²) in [5, 5.41) is 20.1. The number of hydrogen-bond donors (Lipinski definition) is 4. The fraction of sp³-hybridized carbons (Fsp3) is 0.536. The first kappa shape index (κ1) is 29.9. The first-order valence-corrected chi connectivity index (χ1v) is 14.6. The van der Waals surface area contributed by atoms with Crippen LogP contribution in [0.15, 0.2) is 36.7 Å². The maximum atomic E-state index is 14.4. The lowest BCUT2D eigenvalue weighted by Crippen LogP contribution is -2.55. The molecule has 2 heterocycles. The number of fused-ring (bicyclic) bond motifs is 2. The van der Waals surface area contributed by atoms with Gasteiger partial charge in [-0.1, -0.05) is 13.0 Å². The van der Waals surface area contributed by atoms with Crippen molar-refractivity contribution < 1.29 is 23.8 Å². The highest BCUT2D eigenvalue weighted by atomic mass is 32.2. The molecule has 8 nitrogen and oxygen atoms in total. The number of benzene rings is 1. The van der Waals surface area contributed by atoms with Crippen LogP contribution in [0.3, 0.4) is 0 Å². The van der Waals surface area contributed by atoms with E-state index in [1.54, 1.807) is 24.0 Å². The van der Waals surface area contributed by atoms with Gasteiger partial charge in [0, 0.05) is 38.0 Å². The van der Waals surface area contributed by atoms with E-state index in [4.69, 9.17) is 4.74 Å². The van der Waals surface area contributed by atoms with Gasteiger partial charge in [-0.25, -0.2) is 4.39 Å². The van der Waals surface area contributed by atoms with Crippen molar-refractivity contribution in [2.24, 2.45) is 0 Å². The topological polar surface area (TPSA) is 113 Å². The second kappa shape index (κ2) is 15.7. The van der Waals surface area contributed by atoms with Crippen molar-refractivity contribution in [1.29, 1.82) is 0 Å². The molecule has 3 rings (SSSR count). The normalized spacial score (nSPS) is 19.9. The number of thioether (sulfide) groups is 1. The average molecular weight is 547 g/mol. The smallest absolute Gasteiger partial charge is 0.242 e. The van der Waals surface area contributed by atoms with Crippen molar-refractivity contribution in [2.75, 3.05) is 25.2 Å². The number of carbonyl (C=O) groups excluding carboxylic acids is 2. The maximum absolute atomic E-state index is 14.4. The molecule has 1 aromatic carbocycles. The van der Waals surface area contributed by atoms with E-state index >= 15 is 0 Å². The molecule has 38 heavy (non-hydrogen) atoms. The first-order valence-electron chi connectivity index (χ1n) is 13.2. The molecule has 2 bridgehead atoms. The fourth-order valence-electron chi connectivity index (χ4n) is 4.33. The standard InChI is InChI=1S/C28H39FN4O4S/c1-3-19-10-21(16-30-15-19)17-31-18-26(34)25-13-20-11-22(29)14-23(12-20)37-8-5-4-6-27(35)32-24(7-9-38-2)28(36)33-25/h10-12,14-16,24-26,31,34H,3-9,13,17-18H2,1-2H3,(H,32,35)(H,33,36). The van der Waals surface area contributed by atoms with E-state index in [-0.39, 0.29) is 31.2 Å². The fourth-order valence-corrected chi connectivity index (χ4v) is 4.80. The van der Waals surface area contributed by atoms with E-state index in [0.717, 1.165) is 17.5 Å². The lowest BCUT2D eigenvalue weighted by Gasteiger charge is -2.27. The van der Waals surface area contributed by atoms with Crippen molar-refractivity contribution in [3.05, 3.63) is 59.2 Å². The molecule has 0 saturated carbocycles. The zero-order valence-electron chi connectivity index (χ0n) is 22.2. The Labute approximate surface area is 228 Å². The van der Waals surface area contributed by atoms with Crippen molar-refractivity contribution in [2.45, 2.75) is 70.2 Å². The van der Waals surface area contributed by atoms with Crippen molar-refractivity contribution in [3.63, 3.8) is 0 Å². The number of nitrogens with zero attached hydrogens (tertiary/aromatic N) is 1. The Kier molecular flexibility index (Phi) is 12.3. The van der Waals surface area contributed by atoms with Crippen LogP contribution in [-0.2, 0) is 29.0 Å². The van der Waals surface area contributed by atoms with Crippen LogP contribution in [0.4, 0.5) is 4.39 Å². The van der Waals surface area contributed by atoms with Crippen LogP contribution < -0.4 is 20.7 Å². The number of aliphatic hydroxyl groups is 1. The molecular formula is C28H39FN4O4S. The second-order valence-corrected chi connectivity index (χ2v) is 10.6. The van der Waals surface area contributed by atoms with Crippen LogP contribution in [-0.4, -0.2) is 65.3 Å². The molecule has 1 aliphatic heterocycles. The Morgan fingerprint density at radius 2 is 2.00 bits per heavy atom. The third-order valence-electron chi connectivity index (χ3n) is 6.45. The summed E-state index contributed by atoms with van der Waals surface area (Å²) < 4.78 is 20.1. The predicted octanol–water partition coefficient (Wildman–Crippen LogP) is 2.76. The minimum atomic E-state index is -0.971. The number of aromatic nitrogens is 1. The monoisotopic (exact) mass is 546 g/mol. The zero-order valence-corrected chi connectivity index (χ0v) is 23.0. The van der Waals surface area contributed by atoms with E-state index in [1.165, 1.54) is 12.1 Å². The molecule has 0 radical (unpaired) electrons. The van der Waals surface area contributed by atoms with Gasteiger partial charge >= 0.3 is 0 Å². The lowest BCUT2D eigenvalue weighted by atomic mass is 9.99. The summed E-state index contributed by atoms with van der Waals surface area (Å²) in [5.74, 6) is 0.0724. The summed E-state index contributed by atoms with van der Waals surface area (Å²) in [6.45, 7) is 3.12. The molecule has 1 aliphatic rings. The highest BCUT2D eigenvalue weighted by Gasteiger charge is 2.27. The van der Waals surface area contributed by atoms with Gasteiger partial charge in [0.15, 0.2) is 0 Å². The summed E-state index contributed by atoms with van der Waals surface area (Å²) in [4.78, 5) is 30.1. The zero-order chi connectivity index (χ0) is 27.3. The molecule has 208 valence electrons. The number of halogens is 1. The number of hydrogen-bond acceptors (Lipinski definition) is 7. The summed E-state index contributed by atoms with van der Waals surface area (Å²) in [6, 6.07) is 5.06. The highest BCUT2D eigenvalue weighted by Crippen LogP contribution is 2.20. The number of amides is 2. The Morgan fingerprint density at radius 1 is 1.18 bits per heavy atom. The third-order valence-corrected chi connectivity index (χ3v) is 7.09. The van der Waals surface area contributed by atoms with Crippen molar-refractivity contribution >= 4 is 23.6 Å². The van der Waals surface area contributed by atoms with Gasteiger partial charge in [-0.15, -0.1) is 0 Å². The van der Waals surface area contributed by atoms with Crippen LogP contribution in [0.5, 0.6) is 5.75 Å². The Balaban J connectivity index is 1.78. The summed E-state index contributed by atoms with van der Waals surface area (Å²) in [5.41, 5.74) is 2.72. The number of ether oxygens (including phenoxy) is 1. The number of pyridine rings is 1. The Hall–Kier alpha value is -2.69. The predicted molar refractivity (Wildman–Crippen MR) is 148 cm³/mol. The van der Waals surface area contributed by atoms with Gasteiger partial charge in [0.25, 0.3) is 0 Å². The number of rotatable bonds is 9. The van der Waals surface area contributed by atoms with Crippen LogP contribution in [0, 0.1) is 5.82 Å². The summed E-state index contributed by atoms with van der Waals surface area (Å²) in [7, 11) is 0. The number of aliphatic hydroxyl groups excluding tert-OH is 1. The largest absolute Gasteiger partial charge is 0.493 e. The molecule has 0 aliphatic carbocycles. The van der Waals surface area contributed by atoms with Gasteiger partial charge in [0.05, 0.1) is 18.8 Å². The van der Waals surface area contributed by atoms with Crippen LogP contribution in [0.25, 0.3) is 0 Å². The third kappa shape index (κ3) is 9.89. The number of carbonyl (C=O) groups is 2. The Morgan fingerprint density at radius 3 is 2.79 bits per heavy atom. The maximum Gasteiger partial charge on any atom is 0.242 e. The van der Waals surface area contributed by atoms with E-state index in [0.29, 0.717) is 49.5 Å². The van der Waals surface area contributed by atoms with E-state index in [1.807, 2.05) is 12.5 Å². The first-order chi connectivity index (χ1) is 18.4. The Bertz CT molecular complexity index is 1060. The summed E-state index contributed by atoms with van der Waals surface area (Å²) in [6.07, 6.45) is 7.60. The van der Waals surface area contributed by atoms with Crippen molar-refractivity contribution in [3.8, 4) is 5.75 Å². The molecule has 3 atom stereocenters. The molecule has 0 fully saturated rings. The van der Waals surface area contributed by atoms with Gasteiger partial charge in [-0.05, 0) is 72.9 Å². The minimum Gasteiger partial charge on any atom is -0.493 e. The van der Waals surface area contributed by atoms with E-state index < -0.39 is 24.0 Å². The van der Waals surface area contributed by atoms with Gasteiger partial charge in [-0.3, -0.25) is 14.6 Å². The highest BCUT2D eigenvalue weighted by molar-refractivity contribution is 7.98. The lowest BCUT2D eigenvalue weighted by molar-refractivity contribution is -0.130. The molecule has 4 N–H and O–H groups in total. The molecule has 2 amide bonds. The molecule has 2 aromatic rings. The number of nitrogens with one attached hydrogen (secondary N) is 3. The molecule has 3 unspecified atom stereocenters. The van der Waals surface area contributed by atoms with Gasteiger partial charge in [0.1, 0.15) is 17.6 Å². The molecule has 1 aromatic heterocycles. The number of aryl methyl sites for hydroxylation is 1. The van der Waals surface area contributed by atoms with Gasteiger partial charge in [0.2, 0.25) is 11.8 Å². The van der Waals surface area contributed by atoms with Crippen LogP contribution in [0.2, 0.25) is 0 Å². The minimum absolute atomic E-state index is 0.193. The molecular weight excluding hydrogens is 507 g/mol. The molecule has 10 heteroatoms. The average Bonchev–Trinajstić information content (AvgIpc) is 2.90. The van der Waals surface area contributed by atoms with Gasteiger partial charge in [-0.2, -0.15) is 11.8 Å². The second-order valence-electron chi connectivity index (χ2n) is 9.57. The SMILES string of the molecule is CCc1cncc(CNCC(O)C2Cc3cc(F)cc(c3)OCCCCC(=O)NC(CCSC)C(=O)N2)c1. The molecule has 0 saturated heterocycles. The summed E-state index contributed by atoms with van der Waals surface area (Å²) >= 11 is 1.59. The van der Waals surface area contributed by atoms with E-state index in [9.17, 15) is 19.1 Å². The van der Waals surface area contributed by atoms with Crippen LogP contribution >= 0.6 is 11.8 Å². The van der Waals surface area contributed by atoms with Crippen LogP contribution in [0.1, 0.15) is 49.3 Å². The van der Waals surface area contributed by atoms with Crippen molar-refractivity contribution in [1.82, 2.24) is 20.9 Å². The van der Waals surface area contributed by atoms with E-state index in [2.05, 4.69) is 33.9 Å².